The van der Waals surface area contributed by atoms with Gasteiger partial charge in [0, 0.05) is 20.2 Å². The minimum absolute atomic E-state index is 0. The summed E-state index contributed by atoms with van der Waals surface area (Å²) in [5.74, 6) is 1.28. The predicted molar refractivity (Wildman–Crippen MR) is 115 cm³/mol. The van der Waals surface area contributed by atoms with E-state index >= 15 is 0 Å². The molecule has 0 spiro atoms. The standard InChI is InChI=1S/C23H19N3O4.2H2/c24-21(27)15-3-1-2-14(10-15)16-4-7-20(25-12-16)26-22(28)23(8-9-23)17-5-6-18-19(11-17)30-13-29-18;;/h1-7,10-12H,8-9,13H2,(H2,24,27)(H,25,26,28);2*1H. The summed E-state index contributed by atoms with van der Waals surface area (Å²) in [6, 6.07) is 16.3. The summed E-state index contributed by atoms with van der Waals surface area (Å²) in [6.07, 6.45) is 3.21. The average molecular weight is 405 g/mol. The third-order valence-corrected chi connectivity index (χ3v) is 5.60. The molecule has 5 rings (SSSR count). The van der Waals surface area contributed by atoms with Gasteiger partial charge < -0.3 is 20.5 Å². The van der Waals surface area contributed by atoms with Crippen LogP contribution in [0.5, 0.6) is 11.5 Å². The number of anilines is 1. The number of nitrogens with zero attached hydrogens (tertiary/aromatic N) is 1. The number of nitrogens with two attached hydrogens (primary N) is 1. The van der Waals surface area contributed by atoms with Gasteiger partial charge in [-0.05, 0) is 60.4 Å². The van der Waals surface area contributed by atoms with Crippen LogP contribution in [0.2, 0.25) is 0 Å². The number of rotatable bonds is 5. The Labute approximate surface area is 175 Å². The molecule has 2 aromatic carbocycles. The van der Waals surface area contributed by atoms with Crippen LogP contribution in [0.25, 0.3) is 11.1 Å². The molecule has 7 heteroatoms. The summed E-state index contributed by atoms with van der Waals surface area (Å²) in [5.41, 5.74) is 7.80. The third kappa shape index (κ3) is 3.14. The number of hydrogen-bond acceptors (Lipinski definition) is 5. The minimum atomic E-state index is -0.558. The van der Waals surface area contributed by atoms with Gasteiger partial charge in [0.1, 0.15) is 5.82 Å². The number of primary amides is 1. The number of aromatic nitrogens is 1. The van der Waals surface area contributed by atoms with Gasteiger partial charge in [0.25, 0.3) is 0 Å². The maximum absolute atomic E-state index is 13.0. The van der Waals surface area contributed by atoms with Gasteiger partial charge in [0.2, 0.25) is 18.6 Å². The quantitative estimate of drug-likeness (QED) is 0.673. The van der Waals surface area contributed by atoms with Gasteiger partial charge in [-0.15, -0.1) is 0 Å². The molecule has 2 aliphatic rings. The first-order valence-electron chi connectivity index (χ1n) is 9.63. The van der Waals surface area contributed by atoms with Crippen LogP contribution in [0, 0.1) is 0 Å². The van der Waals surface area contributed by atoms with Crippen molar-refractivity contribution in [1.29, 1.82) is 0 Å². The van der Waals surface area contributed by atoms with E-state index in [1.165, 1.54) is 0 Å². The van der Waals surface area contributed by atoms with Gasteiger partial charge in [0.05, 0.1) is 5.41 Å². The molecule has 30 heavy (non-hydrogen) atoms. The Hall–Kier alpha value is -3.87. The van der Waals surface area contributed by atoms with Crippen LogP contribution in [-0.2, 0) is 10.2 Å². The highest BCUT2D eigenvalue weighted by Crippen LogP contribution is 2.51. The lowest BCUT2D eigenvalue weighted by atomic mass is 9.94. The summed E-state index contributed by atoms with van der Waals surface area (Å²) in [5, 5.41) is 2.92. The van der Waals surface area contributed by atoms with Gasteiger partial charge in [-0.3, -0.25) is 9.59 Å². The van der Waals surface area contributed by atoms with Crippen LogP contribution in [0.4, 0.5) is 5.82 Å². The second kappa shape index (κ2) is 6.88. The van der Waals surface area contributed by atoms with E-state index in [0.29, 0.717) is 22.9 Å². The molecule has 0 saturated heterocycles. The molecule has 0 bridgehead atoms. The minimum Gasteiger partial charge on any atom is -0.454 e. The van der Waals surface area contributed by atoms with E-state index in [4.69, 9.17) is 15.2 Å². The molecule has 154 valence electrons. The molecule has 3 N–H and O–H groups in total. The summed E-state index contributed by atoms with van der Waals surface area (Å²) in [6.45, 7) is 0.205. The van der Waals surface area contributed by atoms with Gasteiger partial charge >= 0.3 is 0 Å². The molecular weight excluding hydrogens is 382 g/mol. The molecule has 0 atom stereocenters. The number of ether oxygens (including phenoxy) is 2. The zero-order valence-corrected chi connectivity index (χ0v) is 16.1. The van der Waals surface area contributed by atoms with Crippen LogP contribution >= 0.6 is 0 Å². The van der Waals surface area contributed by atoms with E-state index in [1.807, 2.05) is 30.3 Å². The summed E-state index contributed by atoms with van der Waals surface area (Å²) in [4.78, 5) is 28.8. The van der Waals surface area contributed by atoms with Gasteiger partial charge in [-0.25, -0.2) is 4.98 Å². The zero-order valence-electron chi connectivity index (χ0n) is 16.1. The Bertz CT molecular complexity index is 1160. The smallest absolute Gasteiger partial charge is 0.248 e. The Kier molecular flexibility index (Phi) is 4.17. The Morgan fingerprint density at radius 1 is 1.00 bits per heavy atom. The molecule has 0 unspecified atom stereocenters. The predicted octanol–water partition coefficient (Wildman–Crippen LogP) is 3.74. The number of benzene rings is 2. The van der Waals surface area contributed by atoms with Crippen LogP contribution in [0.3, 0.4) is 0 Å². The highest BCUT2D eigenvalue weighted by atomic mass is 16.7. The first kappa shape index (κ1) is 18.2. The fourth-order valence-corrected chi connectivity index (χ4v) is 3.69. The Balaban J connectivity index is 0.00000144. The first-order valence-corrected chi connectivity index (χ1v) is 9.63. The highest BCUT2D eigenvalue weighted by molar-refractivity contribution is 6.01. The van der Waals surface area contributed by atoms with E-state index in [-0.39, 0.29) is 15.6 Å². The van der Waals surface area contributed by atoms with Crippen molar-refractivity contribution in [1.82, 2.24) is 4.98 Å². The number of pyridine rings is 1. The number of amides is 2. The fourth-order valence-electron chi connectivity index (χ4n) is 3.69. The summed E-state index contributed by atoms with van der Waals surface area (Å²) in [7, 11) is 0. The fraction of sp³-hybridized carbons (Fsp3) is 0.174. The van der Waals surface area contributed by atoms with Crippen LogP contribution in [0.1, 0.15) is 31.6 Å². The molecule has 1 aliphatic carbocycles. The van der Waals surface area contributed by atoms with E-state index in [1.54, 1.807) is 30.5 Å². The van der Waals surface area contributed by atoms with Gasteiger partial charge in [0.15, 0.2) is 11.5 Å². The normalized spacial score (nSPS) is 15.5. The number of fused-ring (bicyclic) bond motifs is 1. The monoisotopic (exact) mass is 405 g/mol. The molecule has 7 nitrogen and oxygen atoms in total. The van der Waals surface area contributed by atoms with E-state index in [0.717, 1.165) is 29.5 Å². The van der Waals surface area contributed by atoms with Crippen LogP contribution < -0.4 is 20.5 Å². The van der Waals surface area contributed by atoms with Crippen LogP contribution in [0.15, 0.2) is 60.8 Å². The van der Waals surface area contributed by atoms with E-state index in [9.17, 15) is 9.59 Å². The number of carbonyl (C=O) groups excluding carboxylic acids is 2. The maximum atomic E-state index is 13.0. The lowest BCUT2D eigenvalue weighted by molar-refractivity contribution is -0.118. The van der Waals surface area contributed by atoms with Gasteiger partial charge in [-0.2, -0.15) is 0 Å². The molecule has 1 saturated carbocycles. The van der Waals surface area contributed by atoms with Crippen molar-refractivity contribution in [2.24, 2.45) is 5.73 Å². The van der Waals surface area contributed by atoms with Crippen molar-refractivity contribution in [3.8, 4) is 22.6 Å². The highest BCUT2D eigenvalue weighted by Gasteiger charge is 2.51. The summed E-state index contributed by atoms with van der Waals surface area (Å²) >= 11 is 0. The Morgan fingerprint density at radius 2 is 1.83 bits per heavy atom. The lowest BCUT2D eigenvalue weighted by Crippen LogP contribution is -2.28. The van der Waals surface area contributed by atoms with Crippen molar-refractivity contribution in [2.45, 2.75) is 18.3 Å². The van der Waals surface area contributed by atoms with Crippen LogP contribution in [-0.4, -0.2) is 23.6 Å². The van der Waals surface area contributed by atoms with Crippen molar-refractivity contribution in [3.05, 3.63) is 71.9 Å². The van der Waals surface area contributed by atoms with Gasteiger partial charge in [-0.1, -0.05) is 18.2 Å². The SMILES string of the molecule is NC(=O)c1cccc(-c2ccc(NC(=O)C3(c4ccc5c(c4)OCO5)CC3)nc2)c1.[HH].[HH]. The topological polar surface area (TPSA) is 104 Å². The molecule has 1 fully saturated rings. The first-order chi connectivity index (χ1) is 14.5. The molecule has 1 aromatic heterocycles. The molecule has 1 aliphatic heterocycles. The third-order valence-electron chi connectivity index (χ3n) is 5.60. The average Bonchev–Trinajstić information content (AvgIpc) is 3.45. The largest absolute Gasteiger partial charge is 0.454 e. The molecule has 3 aromatic rings. The lowest BCUT2D eigenvalue weighted by Gasteiger charge is -2.16. The molecule has 2 amide bonds. The Morgan fingerprint density at radius 3 is 2.57 bits per heavy atom. The van der Waals surface area contributed by atoms with E-state index in [2.05, 4.69) is 10.3 Å². The number of nitrogens with one attached hydrogen (secondary N) is 1. The summed E-state index contributed by atoms with van der Waals surface area (Å²) < 4.78 is 10.8. The van der Waals surface area contributed by atoms with Crippen molar-refractivity contribution < 1.29 is 21.9 Å². The second-order valence-electron chi connectivity index (χ2n) is 7.48. The molecule has 2 heterocycles. The van der Waals surface area contributed by atoms with Crippen molar-refractivity contribution in [2.75, 3.05) is 12.1 Å². The van der Waals surface area contributed by atoms with Crippen molar-refractivity contribution in [3.63, 3.8) is 0 Å². The van der Waals surface area contributed by atoms with Crippen molar-refractivity contribution >= 4 is 17.6 Å². The molecular formula is C23H23N3O4. The van der Waals surface area contributed by atoms with E-state index < -0.39 is 11.3 Å². The zero-order chi connectivity index (χ0) is 20.7. The second-order valence-corrected chi connectivity index (χ2v) is 7.48. The maximum Gasteiger partial charge on any atom is 0.248 e. The number of hydrogen-bond donors (Lipinski definition) is 2. The number of carbonyl (C=O) groups is 2. The molecule has 0 radical (unpaired) electrons.